The lowest BCUT2D eigenvalue weighted by Gasteiger charge is -2.28. The Balaban J connectivity index is 1.62. The highest BCUT2D eigenvalue weighted by Crippen LogP contribution is 2.20. The molecule has 2 aromatic carbocycles. The first kappa shape index (κ1) is 17.8. The molecule has 136 valence electrons. The normalized spacial score (nSPS) is 13.9. The first-order valence-electron chi connectivity index (χ1n) is 8.30. The predicted octanol–water partition coefficient (Wildman–Crippen LogP) is 2.24. The Hall–Kier alpha value is -3.06. The van der Waals surface area contributed by atoms with Crippen molar-refractivity contribution in [1.82, 2.24) is 0 Å². The lowest BCUT2D eigenvalue weighted by molar-refractivity contribution is -0.139. The molecular weight excluding hydrogens is 336 g/mol. The zero-order valence-electron chi connectivity index (χ0n) is 14.2. The minimum absolute atomic E-state index is 0.242. The van der Waals surface area contributed by atoms with Crippen LogP contribution in [0.1, 0.15) is 10.4 Å². The number of carboxylic acids is 1. The number of amides is 1. The van der Waals surface area contributed by atoms with Gasteiger partial charge in [0.2, 0.25) is 0 Å². The van der Waals surface area contributed by atoms with E-state index in [0.29, 0.717) is 30.2 Å². The molecule has 1 amide bonds. The van der Waals surface area contributed by atoms with Gasteiger partial charge in [0.1, 0.15) is 5.75 Å². The summed E-state index contributed by atoms with van der Waals surface area (Å²) >= 11 is 0. The topological polar surface area (TPSA) is 88.1 Å². The van der Waals surface area contributed by atoms with E-state index in [4.69, 9.17) is 14.6 Å². The fourth-order valence-electron chi connectivity index (χ4n) is 2.66. The first-order valence-corrected chi connectivity index (χ1v) is 8.30. The SMILES string of the molecule is O=C(O)COc1cccc(NC(=O)c2ccc(N3CCOCC3)cc2)c1. The molecule has 7 nitrogen and oxygen atoms in total. The van der Waals surface area contributed by atoms with Gasteiger partial charge < -0.3 is 24.8 Å². The van der Waals surface area contributed by atoms with E-state index in [1.165, 1.54) is 0 Å². The summed E-state index contributed by atoms with van der Waals surface area (Å²) in [6.07, 6.45) is 0. The van der Waals surface area contributed by atoms with E-state index in [-0.39, 0.29) is 5.91 Å². The van der Waals surface area contributed by atoms with Crippen LogP contribution >= 0.6 is 0 Å². The molecule has 0 unspecified atom stereocenters. The van der Waals surface area contributed by atoms with Crippen LogP contribution in [0.25, 0.3) is 0 Å². The average molecular weight is 356 g/mol. The highest BCUT2D eigenvalue weighted by molar-refractivity contribution is 6.04. The number of rotatable bonds is 6. The predicted molar refractivity (Wildman–Crippen MR) is 97.0 cm³/mol. The summed E-state index contributed by atoms with van der Waals surface area (Å²) in [5, 5.41) is 11.4. The van der Waals surface area contributed by atoms with Crippen molar-refractivity contribution >= 4 is 23.3 Å². The van der Waals surface area contributed by atoms with Crippen molar-refractivity contribution in [2.24, 2.45) is 0 Å². The molecule has 0 aliphatic carbocycles. The number of carboxylic acid groups (broad SMARTS) is 1. The molecule has 0 saturated carbocycles. The summed E-state index contributed by atoms with van der Waals surface area (Å²) in [4.78, 5) is 25.2. The maximum Gasteiger partial charge on any atom is 0.341 e. The molecule has 7 heteroatoms. The molecule has 1 aliphatic rings. The van der Waals surface area contributed by atoms with E-state index in [1.54, 1.807) is 36.4 Å². The van der Waals surface area contributed by atoms with E-state index < -0.39 is 12.6 Å². The standard InChI is InChI=1S/C19H20N2O5/c22-18(23)13-26-17-3-1-2-15(12-17)20-19(24)14-4-6-16(7-5-14)21-8-10-25-11-9-21/h1-7,12H,8-11,13H2,(H,20,24)(H,22,23). The van der Waals surface area contributed by atoms with Crippen LogP contribution in [-0.4, -0.2) is 49.9 Å². The van der Waals surface area contributed by atoms with Gasteiger partial charge in [0, 0.05) is 36.1 Å². The first-order chi connectivity index (χ1) is 12.6. The molecule has 1 fully saturated rings. The van der Waals surface area contributed by atoms with Gasteiger partial charge in [-0.25, -0.2) is 4.79 Å². The maximum atomic E-state index is 12.4. The van der Waals surface area contributed by atoms with Gasteiger partial charge in [-0.2, -0.15) is 0 Å². The average Bonchev–Trinajstić information content (AvgIpc) is 2.67. The van der Waals surface area contributed by atoms with Crippen molar-refractivity contribution < 1.29 is 24.2 Å². The molecule has 0 atom stereocenters. The Bertz CT molecular complexity index is 770. The van der Waals surface area contributed by atoms with Gasteiger partial charge in [-0.1, -0.05) is 6.07 Å². The van der Waals surface area contributed by atoms with Crippen molar-refractivity contribution in [1.29, 1.82) is 0 Å². The third-order valence-corrected chi connectivity index (χ3v) is 3.96. The third-order valence-electron chi connectivity index (χ3n) is 3.96. The van der Waals surface area contributed by atoms with E-state index in [9.17, 15) is 9.59 Å². The van der Waals surface area contributed by atoms with Gasteiger partial charge in [-0.3, -0.25) is 4.79 Å². The highest BCUT2D eigenvalue weighted by Gasteiger charge is 2.12. The summed E-state index contributed by atoms with van der Waals surface area (Å²) in [5.74, 6) is -0.915. The van der Waals surface area contributed by atoms with Crippen LogP contribution in [-0.2, 0) is 9.53 Å². The van der Waals surface area contributed by atoms with E-state index in [0.717, 1.165) is 18.8 Å². The van der Waals surface area contributed by atoms with Crippen LogP contribution in [0.3, 0.4) is 0 Å². The molecule has 0 bridgehead atoms. The van der Waals surface area contributed by atoms with Crippen molar-refractivity contribution in [3.8, 4) is 5.75 Å². The molecule has 0 spiro atoms. The second-order valence-electron chi connectivity index (χ2n) is 5.81. The van der Waals surface area contributed by atoms with E-state index in [1.807, 2.05) is 12.1 Å². The van der Waals surface area contributed by atoms with Crippen molar-refractivity contribution in [3.63, 3.8) is 0 Å². The van der Waals surface area contributed by atoms with Gasteiger partial charge in [-0.15, -0.1) is 0 Å². The zero-order chi connectivity index (χ0) is 18.4. The van der Waals surface area contributed by atoms with Crippen LogP contribution in [0.4, 0.5) is 11.4 Å². The number of hydrogen-bond donors (Lipinski definition) is 2. The Morgan fingerprint density at radius 2 is 1.85 bits per heavy atom. The molecule has 26 heavy (non-hydrogen) atoms. The summed E-state index contributed by atoms with van der Waals surface area (Å²) in [5.41, 5.74) is 2.14. The molecule has 2 aromatic rings. The third kappa shape index (κ3) is 4.73. The zero-order valence-corrected chi connectivity index (χ0v) is 14.2. The summed E-state index contributed by atoms with van der Waals surface area (Å²) < 4.78 is 10.5. The van der Waals surface area contributed by atoms with E-state index >= 15 is 0 Å². The highest BCUT2D eigenvalue weighted by atomic mass is 16.5. The van der Waals surface area contributed by atoms with Crippen LogP contribution in [0.5, 0.6) is 5.75 Å². The molecule has 0 aromatic heterocycles. The monoisotopic (exact) mass is 356 g/mol. The summed E-state index contributed by atoms with van der Waals surface area (Å²) in [6.45, 7) is 2.68. The van der Waals surface area contributed by atoms with Gasteiger partial charge in [-0.05, 0) is 36.4 Å². The number of carbonyl (C=O) groups excluding carboxylic acids is 1. The number of anilines is 2. The molecule has 1 saturated heterocycles. The lowest BCUT2D eigenvalue weighted by Crippen LogP contribution is -2.36. The van der Waals surface area contributed by atoms with Crippen molar-refractivity contribution in [2.45, 2.75) is 0 Å². The van der Waals surface area contributed by atoms with Crippen LogP contribution in [0.2, 0.25) is 0 Å². The van der Waals surface area contributed by atoms with Crippen molar-refractivity contribution in [3.05, 3.63) is 54.1 Å². The number of ether oxygens (including phenoxy) is 2. The number of nitrogens with zero attached hydrogens (tertiary/aromatic N) is 1. The molecule has 2 N–H and O–H groups in total. The second kappa shape index (κ2) is 8.35. The fourth-order valence-corrected chi connectivity index (χ4v) is 2.66. The number of hydrogen-bond acceptors (Lipinski definition) is 5. The van der Waals surface area contributed by atoms with E-state index in [2.05, 4.69) is 10.2 Å². The van der Waals surface area contributed by atoms with Gasteiger partial charge in [0.05, 0.1) is 13.2 Å². The van der Waals surface area contributed by atoms with Gasteiger partial charge in [0.25, 0.3) is 5.91 Å². The Labute approximate surface area is 151 Å². The molecule has 0 radical (unpaired) electrons. The summed E-state index contributed by atoms with van der Waals surface area (Å²) in [7, 11) is 0. The molecule has 3 rings (SSSR count). The minimum atomic E-state index is -1.06. The Kier molecular flexibility index (Phi) is 5.70. The smallest absolute Gasteiger partial charge is 0.341 e. The maximum absolute atomic E-state index is 12.4. The Morgan fingerprint density at radius 3 is 2.54 bits per heavy atom. The second-order valence-corrected chi connectivity index (χ2v) is 5.81. The minimum Gasteiger partial charge on any atom is -0.482 e. The quantitative estimate of drug-likeness (QED) is 0.825. The number of benzene rings is 2. The van der Waals surface area contributed by atoms with Crippen LogP contribution in [0.15, 0.2) is 48.5 Å². The van der Waals surface area contributed by atoms with Gasteiger partial charge in [0.15, 0.2) is 6.61 Å². The lowest BCUT2D eigenvalue weighted by atomic mass is 10.1. The molecular formula is C19H20N2O5. The molecule has 1 heterocycles. The number of carbonyl (C=O) groups is 2. The van der Waals surface area contributed by atoms with Crippen LogP contribution < -0.4 is 15.0 Å². The number of morpholine rings is 1. The fraction of sp³-hybridized carbons (Fsp3) is 0.263. The number of aliphatic carboxylic acids is 1. The van der Waals surface area contributed by atoms with Gasteiger partial charge >= 0.3 is 5.97 Å². The summed E-state index contributed by atoms with van der Waals surface area (Å²) in [6, 6.07) is 14.0. The Morgan fingerprint density at radius 1 is 1.12 bits per heavy atom. The largest absolute Gasteiger partial charge is 0.482 e. The van der Waals surface area contributed by atoms with Crippen LogP contribution in [0, 0.1) is 0 Å². The number of nitrogens with one attached hydrogen (secondary N) is 1. The molecule has 1 aliphatic heterocycles. The van der Waals surface area contributed by atoms with Crippen molar-refractivity contribution in [2.75, 3.05) is 43.1 Å².